The van der Waals surface area contributed by atoms with Crippen LogP contribution in [0.4, 0.5) is 0 Å². The van der Waals surface area contributed by atoms with Gasteiger partial charge in [-0.15, -0.1) is 0 Å². The van der Waals surface area contributed by atoms with Gasteiger partial charge in [0.1, 0.15) is 5.82 Å². The summed E-state index contributed by atoms with van der Waals surface area (Å²) >= 11 is 0. The summed E-state index contributed by atoms with van der Waals surface area (Å²) in [5, 5.41) is 0. The molecule has 0 radical (unpaired) electrons. The second-order valence-corrected chi connectivity index (χ2v) is 7.40. The Morgan fingerprint density at radius 3 is 2.32 bits per heavy atom. The molecule has 0 atom stereocenters. The Morgan fingerprint density at radius 1 is 1.08 bits per heavy atom. The summed E-state index contributed by atoms with van der Waals surface area (Å²) in [4.78, 5) is 32.5. The molecule has 2 aliphatic heterocycles. The van der Waals surface area contributed by atoms with Gasteiger partial charge in [-0.2, -0.15) is 0 Å². The van der Waals surface area contributed by atoms with E-state index in [1.54, 1.807) is 6.92 Å². The molecule has 0 spiro atoms. The van der Waals surface area contributed by atoms with Crippen molar-refractivity contribution in [1.29, 1.82) is 0 Å². The smallest absolute Gasteiger partial charge is 0.225 e. The molecule has 0 bridgehead atoms. The molecule has 25 heavy (non-hydrogen) atoms. The molecule has 2 aliphatic rings. The summed E-state index contributed by atoms with van der Waals surface area (Å²) < 4.78 is 2.26. The van der Waals surface area contributed by atoms with Crippen molar-refractivity contribution in [1.82, 2.24) is 19.4 Å². The molecular weight excluding hydrogens is 316 g/mol. The van der Waals surface area contributed by atoms with Crippen LogP contribution in [0, 0.1) is 11.8 Å². The maximum atomic E-state index is 12.8. The number of carbonyl (C=O) groups is 2. The van der Waals surface area contributed by atoms with E-state index in [0.29, 0.717) is 11.8 Å². The fourth-order valence-corrected chi connectivity index (χ4v) is 4.13. The fraction of sp³-hybridized carbons (Fsp3) is 0.737. The van der Waals surface area contributed by atoms with Gasteiger partial charge in [0.25, 0.3) is 0 Å². The number of nitrogens with zero attached hydrogens (tertiary/aromatic N) is 4. The van der Waals surface area contributed by atoms with E-state index < -0.39 is 0 Å². The molecular formula is C19H30N4O2. The minimum Gasteiger partial charge on any atom is -0.343 e. The van der Waals surface area contributed by atoms with Crippen molar-refractivity contribution in [2.45, 2.75) is 52.5 Å². The number of hydrogen-bond donors (Lipinski definition) is 0. The number of aromatic nitrogens is 2. The monoisotopic (exact) mass is 346 g/mol. The Hall–Kier alpha value is -1.85. The van der Waals surface area contributed by atoms with Crippen LogP contribution >= 0.6 is 0 Å². The zero-order valence-electron chi connectivity index (χ0n) is 15.5. The number of rotatable bonds is 4. The van der Waals surface area contributed by atoms with Crippen LogP contribution < -0.4 is 0 Å². The van der Waals surface area contributed by atoms with E-state index >= 15 is 0 Å². The number of carbonyl (C=O) groups excluding carboxylic acids is 2. The average molecular weight is 346 g/mol. The van der Waals surface area contributed by atoms with Crippen molar-refractivity contribution in [3.63, 3.8) is 0 Å². The first-order valence-corrected chi connectivity index (χ1v) is 9.62. The highest BCUT2D eigenvalue weighted by Crippen LogP contribution is 2.25. The van der Waals surface area contributed by atoms with Gasteiger partial charge in [-0.05, 0) is 31.6 Å². The zero-order chi connectivity index (χ0) is 17.8. The number of likely N-dealkylation sites (tertiary alicyclic amines) is 2. The second-order valence-electron chi connectivity index (χ2n) is 7.40. The van der Waals surface area contributed by atoms with Gasteiger partial charge < -0.3 is 14.4 Å². The molecule has 6 heteroatoms. The van der Waals surface area contributed by atoms with Gasteiger partial charge in [0.2, 0.25) is 11.8 Å². The molecule has 3 heterocycles. The van der Waals surface area contributed by atoms with E-state index in [4.69, 9.17) is 0 Å². The first-order chi connectivity index (χ1) is 12.1. The van der Waals surface area contributed by atoms with Crippen molar-refractivity contribution in [3.05, 3.63) is 18.2 Å². The largest absolute Gasteiger partial charge is 0.343 e. The minimum absolute atomic E-state index is 0.104. The molecule has 138 valence electrons. The molecule has 1 aromatic rings. The number of amides is 2. The zero-order valence-corrected chi connectivity index (χ0v) is 15.5. The Balaban J connectivity index is 1.46. The van der Waals surface area contributed by atoms with Crippen LogP contribution in [0.25, 0.3) is 0 Å². The lowest BCUT2D eigenvalue weighted by atomic mass is 9.92. The van der Waals surface area contributed by atoms with Crippen LogP contribution in [0.5, 0.6) is 0 Å². The summed E-state index contributed by atoms with van der Waals surface area (Å²) in [6.07, 6.45) is 8.67. The molecule has 0 aliphatic carbocycles. The average Bonchev–Trinajstić information content (AvgIpc) is 3.09. The topological polar surface area (TPSA) is 58.4 Å². The van der Waals surface area contributed by atoms with Gasteiger partial charge in [-0.1, -0.05) is 6.92 Å². The summed E-state index contributed by atoms with van der Waals surface area (Å²) in [6, 6.07) is 0. The van der Waals surface area contributed by atoms with Crippen molar-refractivity contribution in [2.24, 2.45) is 11.8 Å². The van der Waals surface area contributed by atoms with Gasteiger partial charge >= 0.3 is 0 Å². The number of piperidine rings is 2. The summed E-state index contributed by atoms with van der Waals surface area (Å²) in [7, 11) is 0. The molecule has 3 rings (SSSR count). The van der Waals surface area contributed by atoms with Gasteiger partial charge in [0.15, 0.2) is 0 Å². The van der Waals surface area contributed by atoms with Crippen molar-refractivity contribution in [2.75, 3.05) is 26.2 Å². The maximum absolute atomic E-state index is 12.8. The molecule has 1 aromatic heterocycles. The normalized spacial score (nSPS) is 20.1. The second kappa shape index (κ2) is 8.02. The van der Waals surface area contributed by atoms with Crippen LogP contribution in [-0.2, 0) is 22.6 Å². The van der Waals surface area contributed by atoms with Gasteiger partial charge in [-0.3, -0.25) is 9.59 Å². The minimum atomic E-state index is 0.104. The van der Waals surface area contributed by atoms with Gasteiger partial charge in [0, 0.05) is 64.4 Å². The van der Waals surface area contributed by atoms with Gasteiger partial charge in [-0.25, -0.2) is 4.98 Å². The standard InChI is InChI=1S/C19H30N4O2/c1-3-18-20-8-13-23(18)14-16-4-9-22(10-5-16)19(25)17-6-11-21(12-7-17)15(2)24/h8,13,16-17H,3-7,9-12,14H2,1-2H3. The lowest BCUT2D eigenvalue weighted by molar-refractivity contribution is -0.141. The van der Waals surface area contributed by atoms with E-state index in [1.165, 1.54) is 0 Å². The Kier molecular flexibility index (Phi) is 5.76. The highest BCUT2D eigenvalue weighted by Gasteiger charge is 2.31. The molecule has 0 saturated carbocycles. The first-order valence-electron chi connectivity index (χ1n) is 9.62. The number of hydrogen-bond acceptors (Lipinski definition) is 3. The molecule has 0 unspecified atom stereocenters. The third-order valence-corrected chi connectivity index (χ3v) is 5.79. The number of aryl methyl sites for hydroxylation is 1. The van der Waals surface area contributed by atoms with Gasteiger partial charge in [0.05, 0.1) is 0 Å². The molecule has 2 fully saturated rings. The van der Waals surface area contributed by atoms with Crippen molar-refractivity contribution in [3.8, 4) is 0 Å². The first kappa shape index (κ1) is 18.0. The third-order valence-electron chi connectivity index (χ3n) is 5.79. The predicted octanol–water partition coefficient (Wildman–Crippen LogP) is 1.94. The molecule has 6 nitrogen and oxygen atoms in total. The Labute approximate surface area is 150 Å². The lowest BCUT2D eigenvalue weighted by Crippen LogP contribution is -2.46. The Morgan fingerprint density at radius 2 is 1.72 bits per heavy atom. The summed E-state index contributed by atoms with van der Waals surface area (Å²) in [6.45, 7) is 7.95. The van der Waals surface area contributed by atoms with Crippen LogP contribution in [0.3, 0.4) is 0 Å². The van der Waals surface area contributed by atoms with E-state index in [0.717, 1.165) is 70.7 Å². The van der Waals surface area contributed by atoms with E-state index in [2.05, 4.69) is 27.6 Å². The molecule has 0 aromatic carbocycles. The van der Waals surface area contributed by atoms with Crippen molar-refractivity contribution < 1.29 is 9.59 Å². The predicted molar refractivity (Wildman–Crippen MR) is 95.9 cm³/mol. The maximum Gasteiger partial charge on any atom is 0.225 e. The van der Waals surface area contributed by atoms with Crippen LogP contribution in [0.15, 0.2) is 12.4 Å². The highest BCUT2D eigenvalue weighted by atomic mass is 16.2. The van der Waals surface area contributed by atoms with E-state index in [-0.39, 0.29) is 11.8 Å². The van der Waals surface area contributed by atoms with E-state index in [1.807, 2.05) is 11.1 Å². The van der Waals surface area contributed by atoms with Crippen LogP contribution in [-0.4, -0.2) is 57.3 Å². The molecule has 2 amide bonds. The molecule has 2 saturated heterocycles. The molecule has 0 N–H and O–H groups in total. The highest BCUT2D eigenvalue weighted by molar-refractivity contribution is 5.79. The third kappa shape index (κ3) is 4.22. The Bertz CT molecular complexity index is 596. The number of imidazole rings is 1. The van der Waals surface area contributed by atoms with E-state index in [9.17, 15) is 9.59 Å². The lowest BCUT2D eigenvalue weighted by Gasteiger charge is -2.37. The SMILES string of the molecule is CCc1nccn1CC1CCN(C(=O)C2CCN(C(C)=O)CC2)CC1. The van der Waals surface area contributed by atoms with Crippen LogP contribution in [0.2, 0.25) is 0 Å². The fourth-order valence-electron chi connectivity index (χ4n) is 4.13. The van der Waals surface area contributed by atoms with Crippen molar-refractivity contribution >= 4 is 11.8 Å². The van der Waals surface area contributed by atoms with Crippen LogP contribution in [0.1, 0.15) is 45.4 Å². The summed E-state index contributed by atoms with van der Waals surface area (Å²) in [5.74, 6) is 2.31. The summed E-state index contributed by atoms with van der Waals surface area (Å²) in [5.41, 5.74) is 0. The quantitative estimate of drug-likeness (QED) is 0.837.